The lowest BCUT2D eigenvalue weighted by atomic mass is 9.90. The fourth-order valence-electron chi connectivity index (χ4n) is 2.59. The van der Waals surface area contributed by atoms with Crippen molar-refractivity contribution in [1.82, 2.24) is 14.9 Å². The highest BCUT2D eigenvalue weighted by Gasteiger charge is 2.35. The highest BCUT2D eigenvalue weighted by molar-refractivity contribution is 5.86. The zero-order valence-electron chi connectivity index (χ0n) is 13.5. The van der Waals surface area contributed by atoms with E-state index in [-0.39, 0.29) is 43.1 Å². The van der Waals surface area contributed by atoms with E-state index in [1.165, 1.54) is 12.4 Å². The van der Waals surface area contributed by atoms with Gasteiger partial charge in [-0.1, -0.05) is 6.07 Å². The number of benzene rings is 1. The molecule has 0 bridgehead atoms. The summed E-state index contributed by atoms with van der Waals surface area (Å²) in [7, 11) is 0. The Labute approximate surface area is 157 Å². The molecular weight excluding hydrogens is 370 g/mol. The van der Waals surface area contributed by atoms with Crippen LogP contribution in [0.25, 0.3) is 5.69 Å². The minimum atomic E-state index is -0.895. The lowest BCUT2D eigenvalue weighted by molar-refractivity contribution is -0.129. The minimum absolute atomic E-state index is 0. The lowest BCUT2D eigenvalue weighted by Crippen LogP contribution is -2.56. The van der Waals surface area contributed by atoms with Gasteiger partial charge in [0.05, 0.1) is 17.6 Å². The molecule has 2 heterocycles. The van der Waals surface area contributed by atoms with Gasteiger partial charge in [-0.05, 0) is 30.5 Å². The van der Waals surface area contributed by atoms with Gasteiger partial charge in [-0.2, -0.15) is 0 Å². The summed E-state index contributed by atoms with van der Waals surface area (Å²) >= 11 is 0. The first-order chi connectivity index (χ1) is 11.1. The minimum Gasteiger partial charge on any atom is -0.381 e. The Kier molecular flexibility index (Phi) is 7.82. The summed E-state index contributed by atoms with van der Waals surface area (Å²) in [6.07, 6.45) is 5.77. The summed E-state index contributed by atoms with van der Waals surface area (Å²) in [5.74, 6) is -0.594. The molecule has 9 heteroatoms. The number of halogens is 3. The average molecular weight is 391 g/mol. The molecule has 1 aromatic heterocycles. The first-order valence-electron chi connectivity index (χ1n) is 7.50. The molecule has 1 amide bonds. The summed E-state index contributed by atoms with van der Waals surface area (Å²) in [4.78, 5) is 16.1. The second-order valence-corrected chi connectivity index (χ2v) is 5.71. The van der Waals surface area contributed by atoms with Gasteiger partial charge >= 0.3 is 0 Å². The van der Waals surface area contributed by atoms with Crippen LogP contribution in [0.3, 0.4) is 0 Å². The molecule has 138 valence electrons. The van der Waals surface area contributed by atoms with Crippen LogP contribution < -0.4 is 11.1 Å². The zero-order valence-corrected chi connectivity index (χ0v) is 15.1. The van der Waals surface area contributed by atoms with Gasteiger partial charge in [0, 0.05) is 32.2 Å². The Morgan fingerprint density at radius 3 is 2.68 bits per heavy atom. The Morgan fingerprint density at radius 1 is 1.36 bits per heavy atom. The molecule has 0 spiro atoms. The van der Waals surface area contributed by atoms with E-state index in [1.54, 1.807) is 29.1 Å². The highest BCUT2D eigenvalue weighted by Crippen LogP contribution is 2.19. The van der Waals surface area contributed by atoms with Crippen molar-refractivity contribution in [3.8, 4) is 5.69 Å². The molecular formula is C16H21Cl2FN4O2. The van der Waals surface area contributed by atoms with Crippen LogP contribution in [-0.4, -0.2) is 34.2 Å². The van der Waals surface area contributed by atoms with E-state index in [0.29, 0.717) is 37.3 Å². The van der Waals surface area contributed by atoms with E-state index in [9.17, 15) is 9.18 Å². The molecule has 0 aliphatic carbocycles. The third-order valence-corrected chi connectivity index (χ3v) is 4.08. The number of imidazole rings is 1. The molecule has 0 radical (unpaired) electrons. The number of hydrogen-bond donors (Lipinski definition) is 2. The quantitative estimate of drug-likeness (QED) is 0.835. The summed E-state index contributed by atoms with van der Waals surface area (Å²) in [5.41, 5.74) is 6.30. The van der Waals surface area contributed by atoms with Crippen molar-refractivity contribution < 1.29 is 13.9 Å². The number of aromatic nitrogens is 2. The van der Waals surface area contributed by atoms with Crippen molar-refractivity contribution in [2.24, 2.45) is 5.73 Å². The standard InChI is InChI=1S/C16H19FN4O2.2ClH/c17-13-9-12(1-2-14(13)21-6-5-19-11-21)10-20-15(22)16(18)3-7-23-8-4-16;;/h1-2,5-6,9,11H,3-4,7-8,10,18H2,(H,20,22);2*1H. The largest absolute Gasteiger partial charge is 0.381 e. The predicted molar refractivity (Wildman–Crippen MR) is 96.8 cm³/mol. The number of carbonyl (C=O) groups excluding carboxylic acids is 1. The van der Waals surface area contributed by atoms with Crippen LogP contribution in [0.1, 0.15) is 18.4 Å². The van der Waals surface area contributed by atoms with Crippen molar-refractivity contribution >= 4 is 30.7 Å². The number of hydrogen-bond acceptors (Lipinski definition) is 4. The van der Waals surface area contributed by atoms with E-state index in [0.717, 1.165) is 0 Å². The van der Waals surface area contributed by atoms with Crippen LogP contribution in [0.5, 0.6) is 0 Å². The average Bonchev–Trinajstić information content (AvgIpc) is 3.07. The van der Waals surface area contributed by atoms with Gasteiger partial charge in [-0.15, -0.1) is 24.8 Å². The molecule has 1 fully saturated rings. The fourth-order valence-corrected chi connectivity index (χ4v) is 2.59. The molecule has 3 N–H and O–H groups in total. The Hall–Kier alpha value is -1.67. The second kappa shape index (κ2) is 9.15. The predicted octanol–water partition coefficient (Wildman–Crippen LogP) is 1.98. The number of nitrogens with two attached hydrogens (primary N) is 1. The van der Waals surface area contributed by atoms with E-state index in [2.05, 4.69) is 10.3 Å². The van der Waals surface area contributed by atoms with Crippen LogP contribution >= 0.6 is 24.8 Å². The third kappa shape index (κ3) is 4.92. The Bertz CT molecular complexity index is 691. The molecule has 1 saturated heterocycles. The van der Waals surface area contributed by atoms with E-state index < -0.39 is 5.54 Å². The summed E-state index contributed by atoms with van der Waals surface area (Å²) in [5, 5.41) is 2.79. The van der Waals surface area contributed by atoms with Crippen LogP contribution in [0.2, 0.25) is 0 Å². The van der Waals surface area contributed by atoms with Crippen molar-refractivity contribution in [3.63, 3.8) is 0 Å². The molecule has 25 heavy (non-hydrogen) atoms. The number of nitrogens with zero attached hydrogens (tertiary/aromatic N) is 2. The van der Waals surface area contributed by atoms with Gasteiger partial charge in [0.1, 0.15) is 5.82 Å². The molecule has 0 atom stereocenters. The van der Waals surface area contributed by atoms with Gasteiger partial charge in [0.15, 0.2) is 0 Å². The summed E-state index contributed by atoms with van der Waals surface area (Å²) in [6, 6.07) is 4.83. The van der Waals surface area contributed by atoms with Crippen molar-refractivity contribution in [3.05, 3.63) is 48.3 Å². The smallest absolute Gasteiger partial charge is 0.240 e. The topological polar surface area (TPSA) is 82.2 Å². The van der Waals surface area contributed by atoms with Crippen LogP contribution in [0.4, 0.5) is 4.39 Å². The van der Waals surface area contributed by atoms with Gasteiger partial charge in [0.25, 0.3) is 0 Å². The molecule has 6 nitrogen and oxygen atoms in total. The van der Waals surface area contributed by atoms with E-state index >= 15 is 0 Å². The molecule has 0 unspecified atom stereocenters. The van der Waals surface area contributed by atoms with Gasteiger partial charge in [0.2, 0.25) is 5.91 Å². The maximum atomic E-state index is 14.2. The van der Waals surface area contributed by atoms with Crippen LogP contribution in [0, 0.1) is 5.82 Å². The highest BCUT2D eigenvalue weighted by atomic mass is 35.5. The van der Waals surface area contributed by atoms with Crippen molar-refractivity contribution in [1.29, 1.82) is 0 Å². The Morgan fingerprint density at radius 2 is 2.08 bits per heavy atom. The molecule has 3 rings (SSSR count). The van der Waals surface area contributed by atoms with Gasteiger partial charge in [-0.25, -0.2) is 9.37 Å². The first-order valence-corrected chi connectivity index (χ1v) is 7.50. The molecule has 2 aromatic rings. The molecule has 0 saturated carbocycles. The lowest BCUT2D eigenvalue weighted by Gasteiger charge is -2.31. The van der Waals surface area contributed by atoms with Gasteiger partial charge in [-0.3, -0.25) is 4.79 Å². The second-order valence-electron chi connectivity index (χ2n) is 5.71. The zero-order chi connectivity index (χ0) is 16.3. The molecule has 1 aromatic carbocycles. The summed E-state index contributed by atoms with van der Waals surface area (Å²) in [6.45, 7) is 1.20. The number of ether oxygens (including phenoxy) is 1. The van der Waals surface area contributed by atoms with Crippen LogP contribution in [-0.2, 0) is 16.1 Å². The fraction of sp³-hybridized carbons (Fsp3) is 0.375. The van der Waals surface area contributed by atoms with E-state index in [1.807, 2.05) is 0 Å². The number of nitrogens with one attached hydrogen (secondary N) is 1. The van der Waals surface area contributed by atoms with Crippen molar-refractivity contribution in [2.45, 2.75) is 24.9 Å². The Balaban J connectivity index is 0.00000156. The number of carbonyl (C=O) groups is 1. The maximum Gasteiger partial charge on any atom is 0.240 e. The molecule has 1 aliphatic rings. The summed E-state index contributed by atoms with van der Waals surface area (Å²) < 4.78 is 21.0. The van der Waals surface area contributed by atoms with Crippen molar-refractivity contribution in [2.75, 3.05) is 13.2 Å². The SMILES string of the molecule is Cl.Cl.NC1(C(=O)NCc2ccc(-n3ccnc3)c(F)c2)CCOCC1. The van der Waals surface area contributed by atoms with Crippen LogP contribution in [0.15, 0.2) is 36.9 Å². The molecule has 1 aliphatic heterocycles. The normalized spacial score (nSPS) is 15.6. The van der Waals surface area contributed by atoms with Gasteiger partial charge < -0.3 is 20.4 Å². The number of amides is 1. The first kappa shape index (κ1) is 21.4. The van der Waals surface area contributed by atoms with E-state index in [4.69, 9.17) is 10.5 Å². The maximum absolute atomic E-state index is 14.2. The third-order valence-electron chi connectivity index (χ3n) is 4.08. The monoisotopic (exact) mass is 390 g/mol. The number of rotatable bonds is 4.